The second kappa shape index (κ2) is 12.6. The Morgan fingerprint density at radius 3 is 1.86 bits per heavy atom. The third-order valence-corrected chi connectivity index (χ3v) is 3.87. The highest BCUT2D eigenvalue weighted by Crippen LogP contribution is 2.24. The van der Waals surface area contributed by atoms with E-state index in [1.165, 1.54) is 64.2 Å². The molecule has 1 aromatic carbocycles. The normalized spacial score (nSPS) is 10.7. The highest BCUT2D eigenvalue weighted by molar-refractivity contribution is 5.37. The molecule has 0 aliphatic heterocycles. The third kappa shape index (κ3) is 9.38. The predicted molar refractivity (Wildman–Crippen MR) is 90.1 cm³/mol. The lowest BCUT2D eigenvalue weighted by Gasteiger charge is -2.07. The van der Waals surface area contributed by atoms with E-state index in [1.807, 2.05) is 18.2 Å². The third-order valence-electron chi connectivity index (χ3n) is 3.87. The molecule has 0 atom stereocenters. The summed E-state index contributed by atoms with van der Waals surface area (Å²) in [5.74, 6) is 0.838. The van der Waals surface area contributed by atoms with Crippen LogP contribution in [0.5, 0.6) is 11.5 Å². The van der Waals surface area contributed by atoms with Crippen molar-refractivity contribution in [2.24, 2.45) is 0 Å². The molecule has 0 fully saturated rings. The zero-order valence-electron chi connectivity index (χ0n) is 13.7. The SMILES string of the molecule is CCCCCCCCCCCCCOc1ccccc1O. The number of phenols is 1. The molecular weight excluding hydrogens is 260 g/mol. The topological polar surface area (TPSA) is 29.5 Å². The summed E-state index contributed by atoms with van der Waals surface area (Å²) in [6.45, 7) is 2.97. The van der Waals surface area contributed by atoms with Crippen molar-refractivity contribution < 1.29 is 9.84 Å². The molecule has 0 saturated heterocycles. The van der Waals surface area contributed by atoms with Gasteiger partial charge in [-0.15, -0.1) is 0 Å². The maximum absolute atomic E-state index is 9.56. The van der Waals surface area contributed by atoms with E-state index in [2.05, 4.69) is 6.92 Å². The van der Waals surface area contributed by atoms with E-state index < -0.39 is 0 Å². The van der Waals surface area contributed by atoms with Crippen molar-refractivity contribution in [1.29, 1.82) is 0 Å². The summed E-state index contributed by atoms with van der Waals surface area (Å²) in [6, 6.07) is 7.17. The van der Waals surface area contributed by atoms with Crippen molar-refractivity contribution in [2.45, 2.75) is 77.6 Å². The van der Waals surface area contributed by atoms with Gasteiger partial charge in [-0.3, -0.25) is 0 Å². The Bertz CT molecular complexity index is 349. The van der Waals surface area contributed by atoms with Crippen molar-refractivity contribution >= 4 is 0 Å². The molecule has 0 aliphatic carbocycles. The lowest BCUT2D eigenvalue weighted by Crippen LogP contribution is -1.97. The fraction of sp³-hybridized carbons (Fsp3) is 0.684. The smallest absolute Gasteiger partial charge is 0.160 e. The number of benzene rings is 1. The van der Waals surface area contributed by atoms with Gasteiger partial charge in [-0.2, -0.15) is 0 Å². The molecule has 0 spiro atoms. The number of aromatic hydroxyl groups is 1. The molecule has 0 heterocycles. The molecule has 0 amide bonds. The number of unbranched alkanes of at least 4 members (excludes halogenated alkanes) is 10. The van der Waals surface area contributed by atoms with Crippen LogP contribution in [0, 0.1) is 0 Å². The highest BCUT2D eigenvalue weighted by Gasteiger charge is 1.99. The van der Waals surface area contributed by atoms with Gasteiger partial charge in [0.25, 0.3) is 0 Å². The molecule has 2 heteroatoms. The monoisotopic (exact) mass is 292 g/mol. The standard InChI is InChI=1S/C19H32O2/c1-2-3-4-5-6-7-8-9-10-11-14-17-21-19-16-13-12-15-18(19)20/h12-13,15-16,20H,2-11,14,17H2,1H3. The lowest BCUT2D eigenvalue weighted by molar-refractivity contribution is 0.288. The zero-order chi connectivity index (χ0) is 15.2. The Kier molecular flexibility index (Phi) is 10.7. The molecule has 0 aliphatic rings. The second-order valence-corrected chi connectivity index (χ2v) is 5.85. The van der Waals surface area contributed by atoms with Crippen LogP contribution in [0.2, 0.25) is 0 Å². The van der Waals surface area contributed by atoms with Crippen LogP contribution in [0.15, 0.2) is 24.3 Å². The first-order valence-electron chi connectivity index (χ1n) is 8.75. The first-order valence-corrected chi connectivity index (χ1v) is 8.75. The van der Waals surface area contributed by atoms with E-state index in [1.54, 1.807) is 6.07 Å². The van der Waals surface area contributed by atoms with Crippen LogP contribution in [0.4, 0.5) is 0 Å². The molecule has 2 nitrogen and oxygen atoms in total. The van der Waals surface area contributed by atoms with E-state index in [0.29, 0.717) is 12.4 Å². The van der Waals surface area contributed by atoms with Crippen LogP contribution < -0.4 is 4.74 Å². The van der Waals surface area contributed by atoms with Gasteiger partial charge in [0.1, 0.15) is 0 Å². The lowest BCUT2D eigenvalue weighted by atomic mass is 10.1. The maximum atomic E-state index is 9.56. The Balaban J connectivity index is 1.84. The molecule has 1 N–H and O–H groups in total. The average Bonchev–Trinajstić information content (AvgIpc) is 2.50. The molecule has 0 saturated carbocycles. The number of hydrogen-bond acceptors (Lipinski definition) is 2. The van der Waals surface area contributed by atoms with Crippen molar-refractivity contribution in [3.63, 3.8) is 0 Å². The average molecular weight is 292 g/mol. The van der Waals surface area contributed by atoms with Gasteiger partial charge in [0.2, 0.25) is 0 Å². The van der Waals surface area contributed by atoms with Crippen molar-refractivity contribution in [2.75, 3.05) is 6.61 Å². The summed E-state index contributed by atoms with van der Waals surface area (Å²) in [7, 11) is 0. The minimum Gasteiger partial charge on any atom is -0.504 e. The van der Waals surface area contributed by atoms with Crippen LogP contribution >= 0.6 is 0 Å². The minimum atomic E-state index is 0.237. The molecule has 120 valence electrons. The number of rotatable bonds is 13. The van der Waals surface area contributed by atoms with Gasteiger partial charge in [-0.25, -0.2) is 0 Å². The molecule has 21 heavy (non-hydrogen) atoms. The van der Waals surface area contributed by atoms with Gasteiger partial charge in [-0.1, -0.05) is 83.3 Å². The Hall–Kier alpha value is -1.18. The van der Waals surface area contributed by atoms with Gasteiger partial charge >= 0.3 is 0 Å². The van der Waals surface area contributed by atoms with E-state index in [-0.39, 0.29) is 5.75 Å². The van der Waals surface area contributed by atoms with E-state index in [0.717, 1.165) is 6.42 Å². The number of para-hydroxylation sites is 2. The summed E-state index contributed by atoms with van der Waals surface area (Å²) >= 11 is 0. The van der Waals surface area contributed by atoms with Gasteiger partial charge in [0.05, 0.1) is 6.61 Å². The van der Waals surface area contributed by atoms with Gasteiger partial charge in [0.15, 0.2) is 11.5 Å². The number of ether oxygens (including phenoxy) is 1. The zero-order valence-corrected chi connectivity index (χ0v) is 13.7. The summed E-state index contributed by atoms with van der Waals surface area (Å²) in [5.41, 5.74) is 0. The van der Waals surface area contributed by atoms with Crippen molar-refractivity contribution in [3.05, 3.63) is 24.3 Å². The molecule has 0 radical (unpaired) electrons. The first kappa shape index (κ1) is 17.9. The molecule has 1 aromatic rings. The predicted octanol–water partition coefficient (Wildman–Crippen LogP) is 6.08. The first-order chi connectivity index (χ1) is 10.3. The Morgan fingerprint density at radius 1 is 0.762 bits per heavy atom. The molecule has 0 bridgehead atoms. The van der Waals surface area contributed by atoms with Crippen molar-refractivity contribution in [1.82, 2.24) is 0 Å². The Morgan fingerprint density at radius 2 is 1.29 bits per heavy atom. The summed E-state index contributed by atoms with van der Waals surface area (Å²) in [4.78, 5) is 0. The second-order valence-electron chi connectivity index (χ2n) is 5.85. The largest absolute Gasteiger partial charge is 0.504 e. The maximum Gasteiger partial charge on any atom is 0.160 e. The van der Waals surface area contributed by atoms with Crippen LogP contribution in [0.1, 0.15) is 77.6 Å². The van der Waals surface area contributed by atoms with Gasteiger partial charge in [-0.05, 0) is 18.6 Å². The number of phenolic OH excluding ortho intramolecular Hbond substituents is 1. The quantitative estimate of drug-likeness (QED) is 0.446. The fourth-order valence-electron chi connectivity index (χ4n) is 2.53. The highest BCUT2D eigenvalue weighted by atomic mass is 16.5. The number of hydrogen-bond donors (Lipinski definition) is 1. The van der Waals surface area contributed by atoms with Crippen LogP contribution in [-0.4, -0.2) is 11.7 Å². The molecular formula is C19H32O2. The van der Waals surface area contributed by atoms with E-state index in [9.17, 15) is 5.11 Å². The Labute approximate surface area is 130 Å². The van der Waals surface area contributed by atoms with Crippen molar-refractivity contribution in [3.8, 4) is 11.5 Å². The summed E-state index contributed by atoms with van der Waals surface area (Å²) in [6.07, 6.45) is 14.7. The van der Waals surface area contributed by atoms with E-state index >= 15 is 0 Å². The minimum absolute atomic E-state index is 0.237. The van der Waals surface area contributed by atoms with Crippen LogP contribution in [-0.2, 0) is 0 Å². The molecule has 0 aromatic heterocycles. The summed E-state index contributed by atoms with van der Waals surface area (Å²) in [5, 5.41) is 9.56. The van der Waals surface area contributed by atoms with E-state index in [4.69, 9.17) is 4.74 Å². The van der Waals surface area contributed by atoms with Crippen LogP contribution in [0.25, 0.3) is 0 Å². The van der Waals surface area contributed by atoms with Gasteiger partial charge < -0.3 is 9.84 Å². The van der Waals surface area contributed by atoms with Gasteiger partial charge in [0, 0.05) is 0 Å². The molecule has 1 rings (SSSR count). The molecule has 0 unspecified atom stereocenters. The van der Waals surface area contributed by atoms with Crippen LogP contribution in [0.3, 0.4) is 0 Å². The summed E-state index contributed by atoms with van der Waals surface area (Å²) < 4.78 is 5.57. The fourth-order valence-corrected chi connectivity index (χ4v) is 2.53.